The van der Waals surface area contributed by atoms with Gasteiger partial charge in [0.05, 0.1) is 15.2 Å². The van der Waals surface area contributed by atoms with Crippen molar-refractivity contribution in [1.82, 2.24) is 4.98 Å². The van der Waals surface area contributed by atoms with Gasteiger partial charge in [-0.1, -0.05) is 23.2 Å². The van der Waals surface area contributed by atoms with E-state index in [-0.39, 0.29) is 5.82 Å². The Morgan fingerprint density at radius 3 is 2.74 bits per heavy atom. The second-order valence-electron chi connectivity index (χ2n) is 3.88. The number of hydrogen-bond acceptors (Lipinski definition) is 2. The van der Waals surface area contributed by atoms with E-state index in [4.69, 9.17) is 23.2 Å². The summed E-state index contributed by atoms with van der Waals surface area (Å²) in [5.41, 5.74) is 1.56. The number of nitrogens with zero attached hydrogens (tertiary/aromatic N) is 1. The highest BCUT2D eigenvalue weighted by atomic mass is 79.9. The lowest BCUT2D eigenvalue weighted by Gasteiger charge is -2.03. The van der Waals surface area contributed by atoms with Gasteiger partial charge < -0.3 is 0 Å². The van der Waals surface area contributed by atoms with E-state index in [9.17, 15) is 4.39 Å². The average molecular weight is 377 g/mol. The minimum atomic E-state index is -0.272. The third-order valence-electron chi connectivity index (χ3n) is 2.57. The largest absolute Gasteiger partial charge is 0.236 e. The maximum atomic E-state index is 13.2. The van der Waals surface area contributed by atoms with Crippen LogP contribution in [0.25, 0.3) is 20.8 Å². The monoisotopic (exact) mass is 375 g/mol. The van der Waals surface area contributed by atoms with E-state index in [2.05, 4.69) is 20.9 Å². The summed E-state index contributed by atoms with van der Waals surface area (Å²) in [6, 6.07) is 7.96. The lowest BCUT2D eigenvalue weighted by molar-refractivity contribution is 0.630. The van der Waals surface area contributed by atoms with Crippen LogP contribution in [0.4, 0.5) is 4.39 Å². The first-order valence-electron chi connectivity index (χ1n) is 5.25. The maximum absolute atomic E-state index is 13.2. The number of rotatable bonds is 1. The summed E-state index contributed by atoms with van der Waals surface area (Å²) in [6.07, 6.45) is 0. The Morgan fingerprint density at radius 2 is 1.95 bits per heavy atom. The Kier molecular flexibility index (Phi) is 3.52. The molecule has 0 aliphatic rings. The quantitative estimate of drug-likeness (QED) is 0.462. The SMILES string of the molecule is Fc1ccc2nc(-c3cc(Cl)cc(Cl)c3Br)sc2c1. The number of thiazole rings is 1. The van der Waals surface area contributed by atoms with Crippen molar-refractivity contribution < 1.29 is 4.39 Å². The predicted octanol–water partition coefficient (Wildman–Crippen LogP) is 6.17. The molecule has 0 fully saturated rings. The van der Waals surface area contributed by atoms with Crippen molar-refractivity contribution >= 4 is 60.7 Å². The van der Waals surface area contributed by atoms with Crippen molar-refractivity contribution in [3.8, 4) is 10.6 Å². The summed E-state index contributed by atoms with van der Waals surface area (Å²) in [6.45, 7) is 0. The lowest BCUT2D eigenvalue weighted by Crippen LogP contribution is -1.80. The van der Waals surface area contributed by atoms with E-state index in [1.807, 2.05) is 0 Å². The van der Waals surface area contributed by atoms with E-state index in [0.29, 0.717) is 10.0 Å². The van der Waals surface area contributed by atoms with E-state index >= 15 is 0 Å². The zero-order valence-corrected chi connectivity index (χ0v) is 13.2. The molecule has 0 aliphatic heterocycles. The van der Waals surface area contributed by atoms with Crippen molar-refractivity contribution in [1.29, 1.82) is 0 Å². The Hall–Kier alpha value is -0.680. The maximum Gasteiger partial charge on any atom is 0.125 e. The Balaban J connectivity index is 2.24. The van der Waals surface area contributed by atoms with Gasteiger partial charge in [-0.15, -0.1) is 11.3 Å². The van der Waals surface area contributed by atoms with Gasteiger partial charge in [-0.2, -0.15) is 0 Å². The second kappa shape index (κ2) is 5.02. The summed E-state index contributed by atoms with van der Waals surface area (Å²) in [7, 11) is 0. The first kappa shape index (κ1) is 13.3. The third-order valence-corrected chi connectivity index (χ3v) is 5.22. The molecule has 2 aromatic carbocycles. The van der Waals surface area contributed by atoms with E-state index in [1.165, 1.54) is 23.5 Å². The molecule has 0 unspecified atom stereocenters. The van der Waals surface area contributed by atoms with Crippen molar-refractivity contribution in [3.05, 3.63) is 50.7 Å². The standard InChI is InChI=1S/C13H5BrCl2FNS/c14-12-8(3-6(15)4-9(12)16)13-18-10-2-1-7(17)5-11(10)19-13/h1-5H. The summed E-state index contributed by atoms with van der Waals surface area (Å²) in [5, 5.41) is 1.80. The first-order chi connectivity index (χ1) is 9.04. The zero-order valence-electron chi connectivity index (χ0n) is 9.25. The number of halogens is 4. The Morgan fingerprint density at radius 1 is 1.16 bits per heavy atom. The average Bonchev–Trinajstić information content (AvgIpc) is 2.76. The van der Waals surface area contributed by atoms with Gasteiger partial charge in [0.15, 0.2) is 0 Å². The minimum Gasteiger partial charge on any atom is -0.236 e. The molecule has 0 saturated carbocycles. The smallest absolute Gasteiger partial charge is 0.125 e. The van der Waals surface area contributed by atoms with Gasteiger partial charge in [0, 0.05) is 15.1 Å². The summed E-state index contributed by atoms with van der Waals surface area (Å²) >= 11 is 16.9. The topological polar surface area (TPSA) is 12.9 Å². The minimum absolute atomic E-state index is 0.272. The van der Waals surface area contributed by atoms with Crippen LogP contribution in [0.2, 0.25) is 10.0 Å². The predicted molar refractivity (Wildman–Crippen MR) is 82.7 cm³/mol. The van der Waals surface area contributed by atoms with Crippen molar-refractivity contribution in [3.63, 3.8) is 0 Å². The molecule has 0 amide bonds. The van der Waals surface area contributed by atoms with Crippen LogP contribution in [0.1, 0.15) is 0 Å². The molecule has 0 spiro atoms. The van der Waals surface area contributed by atoms with Crippen LogP contribution in [-0.4, -0.2) is 4.98 Å². The van der Waals surface area contributed by atoms with Crippen molar-refractivity contribution in [2.75, 3.05) is 0 Å². The molecule has 0 bridgehead atoms. The second-order valence-corrected chi connectivity index (χ2v) is 6.55. The molecule has 1 heterocycles. The fourth-order valence-corrected chi connectivity index (χ4v) is 3.78. The number of hydrogen-bond donors (Lipinski definition) is 0. The number of aromatic nitrogens is 1. The van der Waals surface area contributed by atoms with Crippen LogP contribution in [0, 0.1) is 5.82 Å². The highest BCUT2D eigenvalue weighted by Gasteiger charge is 2.13. The van der Waals surface area contributed by atoms with Gasteiger partial charge in [-0.05, 0) is 46.3 Å². The van der Waals surface area contributed by atoms with Crippen LogP contribution < -0.4 is 0 Å². The molecule has 1 nitrogen and oxygen atoms in total. The molecule has 96 valence electrons. The fourth-order valence-electron chi connectivity index (χ4n) is 1.73. The molecular weight excluding hydrogens is 372 g/mol. The van der Waals surface area contributed by atoms with Crippen LogP contribution in [0.5, 0.6) is 0 Å². The molecule has 0 aliphatic carbocycles. The summed E-state index contributed by atoms with van der Waals surface area (Å²) < 4.78 is 14.7. The van der Waals surface area contributed by atoms with Crippen molar-refractivity contribution in [2.24, 2.45) is 0 Å². The van der Waals surface area contributed by atoms with Gasteiger partial charge >= 0.3 is 0 Å². The van der Waals surface area contributed by atoms with Gasteiger partial charge in [-0.25, -0.2) is 9.37 Å². The fraction of sp³-hybridized carbons (Fsp3) is 0. The van der Waals surface area contributed by atoms with Gasteiger partial charge in [0.1, 0.15) is 10.8 Å². The summed E-state index contributed by atoms with van der Waals surface area (Å²) in [4.78, 5) is 4.47. The summed E-state index contributed by atoms with van der Waals surface area (Å²) in [5.74, 6) is -0.272. The van der Waals surface area contributed by atoms with E-state index < -0.39 is 0 Å². The van der Waals surface area contributed by atoms with Gasteiger partial charge in [0.25, 0.3) is 0 Å². The van der Waals surface area contributed by atoms with Crippen LogP contribution >= 0.6 is 50.5 Å². The highest BCUT2D eigenvalue weighted by molar-refractivity contribution is 9.10. The van der Waals surface area contributed by atoms with E-state index in [0.717, 1.165) is 25.3 Å². The van der Waals surface area contributed by atoms with Gasteiger partial charge in [0.2, 0.25) is 0 Å². The van der Waals surface area contributed by atoms with Crippen LogP contribution in [-0.2, 0) is 0 Å². The first-order valence-corrected chi connectivity index (χ1v) is 7.62. The normalized spacial score (nSPS) is 11.2. The molecule has 0 atom stereocenters. The van der Waals surface area contributed by atoms with Crippen molar-refractivity contribution in [2.45, 2.75) is 0 Å². The third kappa shape index (κ3) is 2.50. The lowest BCUT2D eigenvalue weighted by atomic mass is 10.2. The zero-order chi connectivity index (χ0) is 13.6. The number of benzene rings is 2. The number of fused-ring (bicyclic) bond motifs is 1. The Bertz CT molecular complexity index is 788. The van der Waals surface area contributed by atoms with Gasteiger partial charge in [-0.3, -0.25) is 0 Å². The van der Waals surface area contributed by atoms with Crippen LogP contribution in [0.15, 0.2) is 34.8 Å². The van der Waals surface area contributed by atoms with E-state index in [1.54, 1.807) is 18.2 Å². The molecule has 6 heteroatoms. The molecule has 3 aromatic rings. The molecule has 0 saturated heterocycles. The Labute approximate surface area is 131 Å². The molecule has 1 aromatic heterocycles. The molecular formula is C13H5BrCl2FNS. The molecule has 0 radical (unpaired) electrons. The molecule has 0 N–H and O–H groups in total. The van der Waals surface area contributed by atoms with Crippen LogP contribution in [0.3, 0.4) is 0 Å². The molecule has 3 rings (SSSR count). The highest BCUT2D eigenvalue weighted by Crippen LogP contribution is 2.39. The molecule has 19 heavy (non-hydrogen) atoms.